The third-order valence-electron chi connectivity index (χ3n) is 3.25. The number of benzene rings is 1. The van der Waals surface area contributed by atoms with Gasteiger partial charge in [-0.15, -0.1) is 23.1 Å². The summed E-state index contributed by atoms with van der Waals surface area (Å²) in [5.74, 6) is 0. The van der Waals surface area contributed by atoms with Gasteiger partial charge in [0.25, 0.3) is 0 Å². The van der Waals surface area contributed by atoms with E-state index in [9.17, 15) is 5.26 Å². The topological polar surface area (TPSA) is 23.8 Å². The minimum absolute atomic E-state index is 0.901. The third kappa shape index (κ3) is 1.24. The van der Waals surface area contributed by atoms with Crippen molar-refractivity contribution < 1.29 is 0 Å². The van der Waals surface area contributed by atoms with Crippen LogP contribution in [0.4, 0.5) is 0 Å². The van der Waals surface area contributed by atoms with Crippen LogP contribution in [0.1, 0.15) is 23.1 Å². The van der Waals surface area contributed by atoms with Crippen molar-refractivity contribution in [1.29, 1.82) is 5.26 Å². The maximum absolute atomic E-state index is 9.34. The molecule has 0 saturated heterocycles. The fourth-order valence-electron chi connectivity index (χ4n) is 2.61. The monoisotopic (exact) mass is 245 g/mol. The van der Waals surface area contributed by atoms with Crippen LogP contribution in [0, 0.1) is 11.3 Å². The second-order valence-electron chi connectivity index (χ2n) is 3.99. The largest absolute Gasteiger partial charge is 0.192 e. The molecule has 0 aliphatic heterocycles. The molecule has 0 amide bonds. The van der Waals surface area contributed by atoms with Gasteiger partial charge >= 0.3 is 0 Å². The molecular formula is C13H11NS2. The summed E-state index contributed by atoms with van der Waals surface area (Å²) >= 11 is 3.43. The molecule has 0 fully saturated rings. The number of aryl methyl sites for hydroxylation is 1. The first kappa shape index (κ1) is 10.2. The maximum atomic E-state index is 9.34. The van der Waals surface area contributed by atoms with Gasteiger partial charge in [-0.3, -0.25) is 0 Å². The normalized spacial score (nSPS) is 14.0. The molecule has 1 heterocycles. The molecule has 2 aromatic rings. The van der Waals surface area contributed by atoms with E-state index in [0.29, 0.717) is 0 Å². The highest BCUT2D eigenvalue weighted by Crippen LogP contribution is 2.41. The lowest BCUT2D eigenvalue weighted by atomic mass is 10.0. The van der Waals surface area contributed by atoms with Crippen molar-refractivity contribution in [2.75, 3.05) is 6.26 Å². The quantitative estimate of drug-likeness (QED) is 0.709. The Morgan fingerprint density at radius 3 is 2.94 bits per heavy atom. The van der Waals surface area contributed by atoms with Gasteiger partial charge in [0.05, 0.1) is 10.3 Å². The lowest BCUT2D eigenvalue weighted by Gasteiger charge is -2.10. The Bertz CT molecular complexity index is 604. The van der Waals surface area contributed by atoms with Crippen LogP contribution < -0.4 is 0 Å². The molecule has 0 saturated carbocycles. The number of nitriles is 1. The van der Waals surface area contributed by atoms with Crippen molar-refractivity contribution in [3.05, 3.63) is 28.1 Å². The zero-order valence-electron chi connectivity index (χ0n) is 9.04. The van der Waals surface area contributed by atoms with Crippen LogP contribution in [0.5, 0.6) is 0 Å². The highest BCUT2D eigenvalue weighted by atomic mass is 32.2. The summed E-state index contributed by atoms with van der Waals surface area (Å²) in [5.41, 5.74) is 3.84. The van der Waals surface area contributed by atoms with Crippen molar-refractivity contribution in [1.82, 2.24) is 0 Å². The van der Waals surface area contributed by atoms with E-state index in [2.05, 4.69) is 23.8 Å². The number of nitrogens with zero attached hydrogens (tertiary/aromatic N) is 1. The van der Waals surface area contributed by atoms with Crippen LogP contribution in [-0.2, 0) is 12.8 Å². The van der Waals surface area contributed by atoms with Gasteiger partial charge in [-0.2, -0.15) is 5.26 Å². The van der Waals surface area contributed by atoms with E-state index in [0.717, 1.165) is 12.0 Å². The van der Waals surface area contributed by atoms with Gasteiger partial charge in [-0.1, -0.05) is 0 Å². The fraction of sp³-hybridized carbons (Fsp3) is 0.308. The number of hydrogen-bond acceptors (Lipinski definition) is 3. The predicted octanol–water partition coefficient (Wildman–Crippen LogP) is 3.98. The summed E-state index contributed by atoms with van der Waals surface area (Å²) in [7, 11) is 0. The number of rotatable bonds is 1. The van der Waals surface area contributed by atoms with E-state index in [4.69, 9.17) is 0 Å². The zero-order valence-corrected chi connectivity index (χ0v) is 10.7. The van der Waals surface area contributed by atoms with Gasteiger partial charge in [-0.05, 0) is 53.5 Å². The molecule has 0 radical (unpaired) electrons. The standard InChI is InChI=1S/C13H11NS2/c1-15-12-9-4-2-3-8(9)10-5-6-16-13(10)11(12)7-14/h5-6H,2-4H2,1H3. The van der Waals surface area contributed by atoms with Crippen LogP contribution in [-0.4, -0.2) is 6.26 Å². The Hall–Kier alpha value is -0.980. The Kier molecular flexibility index (Phi) is 2.42. The first-order valence-corrected chi connectivity index (χ1v) is 7.46. The fourth-order valence-corrected chi connectivity index (χ4v) is 4.42. The van der Waals surface area contributed by atoms with Gasteiger partial charge in [0.1, 0.15) is 6.07 Å². The molecule has 0 bridgehead atoms. The van der Waals surface area contributed by atoms with E-state index >= 15 is 0 Å². The molecule has 0 N–H and O–H groups in total. The van der Waals surface area contributed by atoms with Crippen LogP contribution >= 0.6 is 23.1 Å². The molecule has 16 heavy (non-hydrogen) atoms. The summed E-state index contributed by atoms with van der Waals surface area (Å²) < 4.78 is 1.19. The average molecular weight is 245 g/mol. The van der Waals surface area contributed by atoms with E-state index in [1.165, 1.54) is 39.0 Å². The molecule has 3 rings (SSSR count). The molecule has 80 valence electrons. The average Bonchev–Trinajstić information content (AvgIpc) is 2.93. The van der Waals surface area contributed by atoms with Crippen molar-refractivity contribution in [2.45, 2.75) is 24.2 Å². The van der Waals surface area contributed by atoms with Crippen molar-refractivity contribution in [3.8, 4) is 6.07 Å². The van der Waals surface area contributed by atoms with E-state index in [1.54, 1.807) is 23.1 Å². The summed E-state index contributed by atoms with van der Waals surface area (Å²) in [6, 6.07) is 4.57. The Balaban J connectivity index is 2.50. The zero-order chi connectivity index (χ0) is 11.1. The maximum Gasteiger partial charge on any atom is 0.102 e. The number of thiophene rings is 1. The van der Waals surface area contributed by atoms with Crippen LogP contribution in [0.2, 0.25) is 0 Å². The van der Waals surface area contributed by atoms with Crippen molar-refractivity contribution in [3.63, 3.8) is 0 Å². The molecule has 1 aromatic heterocycles. The van der Waals surface area contributed by atoms with Gasteiger partial charge in [-0.25, -0.2) is 0 Å². The van der Waals surface area contributed by atoms with E-state index in [-0.39, 0.29) is 0 Å². The second kappa shape index (κ2) is 3.80. The Labute approximate surface area is 103 Å². The van der Waals surface area contributed by atoms with Gasteiger partial charge in [0.2, 0.25) is 0 Å². The first-order valence-electron chi connectivity index (χ1n) is 5.35. The minimum Gasteiger partial charge on any atom is -0.192 e. The highest BCUT2D eigenvalue weighted by molar-refractivity contribution is 7.98. The lowest BCUT2D eigenvalue weighted by Crippen LogP contribution is -1.92. The first-order chi connectivity index (χ1) is 7.86. The SMILES string of the molecule is CSc1c2c(c3ccsc3c1C#N)CCC2. The Morgan fingerprint density at radius 1 is 1.38 bits per heavy atom. The van der Waals surface area contributed by atoms with Crippen LogP contribution in [0.3, 0.4) is 0 Å². The molecule has 1 nitrogen and oxygen atoms in total. The molecular weight excluding hydrogens is 234 g/mol. The molecule has 1 aliphatic rings. The van der Waals surface area contributed by atoms with Gasteiger partial charge in [0.15, 0.2) is 0 Å². The molecule has 1 aromatic carbocycles. The highest BCUT2D eigenvalue weighted by Gasteiger charge is 2.22. The second-order valence-corrected chi connectivity index (χ2v) is 5.73. The smallest absolute Gasteiger partial charge is 0.102 e. The Morgan fingerprint density at radius 2 is 2.19 bits per heavy atom. The molecule has 3 heteroatoms. The number of thioether (sulfide) groups is 1. The summed E-state index contributed by atoms with van der Waals surface area (Å²) in [5, 5.41) is 12.8. The van der Waals surface area contributed by atoms with Gasteiger partial charge in [0, 0.05) is 4.90 Å². The number of fused-ring (bicyclic) bond motifs is 3. The minimum atomic E-state index is 0.901. The summed E-state index contributed by atoms with van der Waals surface area (Å²) in [6.45, 7) is 0. The summed E-state index contributed by atoms with van der Waals surface area (Å²) in [6.07, 6.45) is 5.64. The van der Waals surface area contributed by atoms with Crippen molar-refractivity contribution in [2.24, 2.45) is 0 Å². The molecule has 1 aliphatic carbocycles. The molecule has 0 spiro atoms. The summed E-state index contributed by atoms with van der Waals surface area (Å²) in [4.78, 5) is 1.23. The lowest BCUT2D eigenvalue weighted by molar-refractivity contribution is 0.906. The van der Waals surface area contributed by atoms with Crippen molar-refractivity contribution >= 4 is 33.2 Å². The van der Waals surface area contributed by atoms with E-state index < -0.39 is 0 Å². The number of hydrogen-bond donors (Lipinski definition) is 0. The van der Waals surface area contributed by atoms with Crippen LogP contribution in [0.15, 0.2) is 16.3 Å². The van der Waals surface area contributed by atoms with Crippen LogP contribution in [0.25, 0.3) is 10.1 Å². The predicted molar refractivity (Wildman–Crippen MR) is 70.3 cm³/mol. The molecule has 0 unspecified atom stereocenters. The van der Waals surface area contributed by atoms with Gasteiger partial charge < -0.3 is 0 Å². The van der Waals surface area contributed by atoms with E-state index in [1.807, 2.05) is 0 Å². The third-order valence-corrected chi connectivity index (χ3v) is 5.04. The molecule has 0 atom stereocenters.